The Balaban J connectivity index is 1.59. The average Bonchev–Trinajstić information content (AvgIpc) is 3.35. The van der Waals surface area contributed by atoms with E-state index in [0.717, 1.165) is 67.2 Å². The van der Waals surface area contributed by atoms with Crippen LogP contribution < -0.4 is 5.73 Å². The highest BCUT2D eigenvalue weighted by atomic mass is 16.1. The topological polar surface area (TPSA) is 64.2 Å². The van der Waals surface area contributed by atoms with E-state index in [4.69, 9.17) is 10.7 Å². The zero-order valence-electron chi connectivity index (χ0n) is 23.0. The summed E-state index contributed by atoms with van der Waals surface area (Å²) in [7, 11) is 0. The van der Waals surface area contributed by atoms with Gasteiger partial charge in [-0.3, -0.25) is 9.69 Å². The minimum Gasteiger partial charge on any atom is -0.366 e. The molecule has 1 aromatic heterocycles. The van der Waals surface area contributed by atoms with Crippen LogP contribution in [0.1, 0.15) is 46.9 Å². The molecule has 5 nitrogen and oxygen atoms in total. The summed E-state index contributed by atoms with van der Waals surface area (Å²) in [6, 6.07) is 39.2. The van der Waals surface area contributed by atoms with Crippen LogP contribution in [0.15, 0.2) is 115 Å². The van der Waals surface area contributed by atoms with E-state index in [-0.39, 0.29) is 0 Å². The molecule has 4 aromatic carbocycles. The van der Waals surface area contributed by atoms with Gasteiger partial charge in [-0.05, 0) is 29.7 Å². The van der Waals surface area contributed by atoms with Crippen molar-refractivity contribution in [2.45, 2.75) is 45.9 Å². The maximum absolute atomic E-state index is 11.6. The second-order valence-corrected chi connectivity index (χ2v) is 10.2. The van der Waals surface area contributed by atoms with E-state index >= 15 is 0 Å². The number of imidazole rings is 1. The predicted molar refractivity (Wildman–Crippen MR) is 162 cm³/mol. The number of nitrogens with two attached hydrogens (primary N) is 1. The van der Waals surface area contributed by atoms with Gasteiger partial charge in [0, 0.05) is 42.9 Å². The highest BCUT2D eigenvalue weighted by molar-refractivity contribution is 5.92. The van der Waals surface area contributed by atoms with Crippen molar-refractivity contribution in [2.24, 2.45) is 5.73 Å². The van der Waals surface area contributed by atoms with Crippen molar-refractivity contribution >= 4 is 5.91 Å². The van der Waals surface area contributed by atoms with Crippen LogP contribution in [0.2, 0.25) is 0 Å². The molecule has 0 saturated carbocycles. The van der Waals surface area contributed by atoms with Crippen molar-refractivity contribution in [3.8, 4) is 22.6 Å². The highest BCUT2D eigenvalue weighted by Crippen LogP contribution is 2.31. The molecule has 0 aliphatic heterocycles. The molecule has 2 N–H and O–H groups in total. The van der Waals surface area contributed by atoms with Crippen LogP contribution in [-0.2, 0) is 26.2 Å². The van der Waals surface area contributed by atoms with Crippen LogP contribution in [0.4, 0.5) is 0 Å². The summed E-state index contributed by atoms with van der Waals surface area (Å²) >= 11 is 0. The molecule has 0 aliphatic carbocycles. The summed E-state index contributed by atoms with van der Waals surface area (Å²) in [4.78, 5) is 19.4. The lowest BCUT2D eigenvalue weighted by atomic mass is 10.1. The quantitative estimate of drug-likeness (QED) is 0.185. The van der Waals surface area contributed by atoms with Crippen LogP contribution in [0.5, 0.6) is 0 Å². The molecule has 0 spiro atoms. The largest absolute Gasteiger partial charge is 0.366 e. The van der Waals surface area contributed by atoms with Crippen molar-refractivity contribution < 1.29 is 4.79 Å². The van der Waals surface area contributed by atoms with Crippen LogP contribution >= 0.6 is 0 Å². The molecule has 1 amide bonds. The minimum atomic E-state index is -0.409. The van der Waals surface area contributed by atoms with Gasteiger partial charge in [-0.2, -0.15) is 0 Å². The molecule has 0 aliphatic rings. The lowest BCUT2D eigenvalue weighted by Gasteiger charge is -2.25. The summed E-state index contributed by atoms with van der Waals surface area (Å²) in [5.74, 6) is 0.599. The maximum Gasteiger partial charge on any atom is 0.248 e. The Bertz CT molecular complexity index is 1510. The lowest BCUT2D eigenvalue weighted by Crippen LogP contribution is -2.24. The van der Waals surface area contributed by atoms with E-state index in [1.807, 2.05) is 36.4 Å². The number of amides is 1. The number of hydrogen-bond acceptors (Lipinski definition) is 3. The predicted octanol–water partition coefficient (Wildman–Crippen LogP) is 7.32. The van der Waals surface area contributed by atoms with E-state index in [1.54, 1.807) is 0 Å². The molecule has 1 heterocycles. The van der Waals surface area contributed by atoms with Crippen molar-refractivity contribution in [2.75, 3.05) is 0 Å². The Morgan fingerprint density at radius 2 is 1.27 bits per heavy atom. The average molecular weight is 529 g/mol. The molecule has 0 bridgehead atoms. The van der Waals surface area contributed by atoms with Gasteiger partial charge in [-0.15, -0.1) is 0 Å². The Morgan fingerprint density at radius 3 is 1.85 bits per heavy atom. The molecule has 0 saturated heterocycles. The monoisotopic (exact) mass is 528 g/mol. The zero-order chi connectivity index (χ0) is 27.7. The molecule has 0 fully saturated rings. The SMILES string of the molecule is CCCCn1c(-c2ccccc2)nc(-c2ccccc2)c1CN(Cc1ccccc1)Cc1ccc(C(N)=O)cc1. The molecule has 5 aromatic rings. The first kappa shape index (κ1) is 27.1. The van der Waals surface area contributed by atoms with Crippen LogP contribution in [0, 0.1) is 0 Å². The van der Waals surface area contributed by atoms with Crippen molar-refractivity contribution in [1.29, 1.82) is 0 Å². The lowest BCUT2D eigenvalue weighted by molar-refractivity contribution is 0.1000. The van der Waals surface area contributed by atoms with Crippen LogP contribution in [0.3, 0.4) is 0 Å². The third kappa shape index (κ3) is 6.56. The number of aromatic nitrogens is 2. The summed E-state index contributed by atoms with van der Waals surface area (Å²) in [6.07, 6.45) is 2.18. The first-order valence-corrected chi connectivity index (χ1v) is 14.0. The number of carbonyl (C=O) groups excluding carboxylic acids is 1. The number of unbranched alkanes of at least 4 members (excludes halogenated alkanes) is 1. The van der Waals surface area contributed by atoms with Crippen LogP contribution in [0.25, 0.3) is 22.6 Å². The first-order chi connectivity index (χ1) is 19.6. The molecule has 202 valence electrons. The minimum absolute atomic E-state index is 0.409. The fraction of sp³-hybridized carbons (Fsp3) is 0.200. The van der Waals surface area contributed by atoms with E-state index in [1.165, 1.54) is 11.3 Å². The summed E-state index contributed by atoms with van der Waals surface area (Å²) < 4.78 is 2.43. The zero-order valence-corrected chi connectivity index (χ0v) is 23.0. The first-order valence-electron chi connectivity index (χ1n) is 14.0. The van der Waals surface area contributed by atoms with Crippen molar-refractivity contribution in [3.05, 3.63) is 138 Å². The van der Waals surface area contributed by atoms with Gasteiger partial charge >= 0.3 is 0 Å². The van der Waals surface area contributed by atoms with E-state index in [9.17, 15) is 4.79 Å². The molecule has 0 atom stereocenters. The molecule has 40 heavy (non-hydrogen) atoms. The van der Waals surface area contributed by atoms with Gasteiger partial charge in [0.2, 0.25) is 5.91 Å². The summed E-state index contributed by atoms with van der Waals surface area (Å²) in [5, 5.41) is 0. The second-order valence-electron chi connectivity index (χ2n) is 10.2. The van der Waals surface area contributed by atoms with Gasteiger partial charge in [0.05, 0.1) is 11.4 Å². The molecule has 0 radical (unpaired) electrons. The van der Waals surface area contributed by atoms with E-state index in [0.29, 0.717) is 5.56 Å². The van der Waals surface area contributed by atoms with Crippen molar-refractivity contribution in [1.82, 2.24) is 14.5 Å². The summed E-state index contributed by atoms with van der Waals surface area (Å²) in [5.41, 5.74) is 12.9. The fourth-order valence-corrected chi connectivity index (χ4v) is 5.09. The highest BCUT2D eigenvalue weighted by Gasteiger charge is 2.22. The van der Waals surface area contributed by atoms with Gasteiger partial charge in [0.25, 0.3) is 0 Å². The number of hydrogen-bond donors (Lipinski definition) is 1. The third-order valence-electron chi connectivity index (χ3n) is 7.15. The molecular weight excluding hydrogens is 492 g/mol. The normalized spacial score (nSPS) is 11.2. The Morgan fingerprint density at radius 1 is 0.725 bits per heavy atom. The number of benzene rings is 4. The molecular formula is C35H36N4O. The molecule has 5 heteroatoms. The van der Waals surface area contributed by atoms with Gasteiger partial charge in [-0.1, -0.05) is 116 Å². The Kier molecular flexibility index (Phi) is 8.84. The smallest absolute Gasteiger partial charge is 0.248 e. The van der Waals surface area contributed by atoms with Crippen molar-refractivity contribution in [3.63, 3.8) is 0 Å². The third-order valence-corrected chi connectivity index (χ3v) is 7.15. The van der Waals surface area contributed by atoms with Gasteiger partial charge in [0.1, 0.15) is 5.82 Å². The maximum atomic E-state index is 11.6. The van der Waals surface area contributed by atoms with E-state index < -0.39 is 5.91 Å². The Hall–Kier alpha value is -4.48. The number of nitrogens with zero attached hydrogens (tertiary/aromatic N) is 3. The number of primary amides is 1. The summed E-state index contributed by atoms with van der Waals surface area (Å²) in [6.45, 7) is 5.37. The van der Waals surface area contributed by atoms with Gasteiger partial charge < -0.3 is 10.3 Å². The molecule has 0 unspecified atom stereocenters. The fourth-order valence-electron chi connectivity index (χ4n) is 5.09. The van der Waals surface area contributed by atoms with Crippen LogP contribution in [-0.4, -0.2) is 20.4 Å². The number of rotatable bonds is 12. The standard InChI is InChI=1S/C35H36N4O/c1-2-3-23-39-32(33(29-15-9-5-10-16-29)37-35(39)31-17-11-6-12-18-31)26-38(24-27-13-7-4-8-14-27)25-28-19-21-30(22-20-28)34(36)40/h4-22H,2-3,23-26H2,1H3,(H2,36,40). The second kappa shape index (κ2) is 13.0. The van der Waals surface area contributed by atoms with Gasteiger partial charge in [-0.25, -0.2) is 4.98 Å². The number of carbonyl (C=O) groups is 1. The Labute approximate surface area is 236 Å². The molecule has 5 rings (SSSR count). The van der Waals surface area contributed by atoms with E-state index in [2.05, 4.69) is 95.3 Å². The van der Waals surface area contributed by atoms with Gasteiger partial charge in [0.15, 0.2) is 0 Å².